The molecule has 33 heavy (non-hydrogen) atoms. The van der Waals surface area contributed by atoms with Crippen LogP contribution in [0.2, 0.25) is 0 Å². The number of carbonyl (C=O) groups excluding carboxylic acids is 3. The van der Waals surface area contributed by atoms with Crippen molar-refractivity contribution in [2.75, 3.05) is 18.5 Å². The number of Topliss-reactive ketones (excluding diaryl/α,β-unsaturated/α-hetero) is 2. The number of nitrogens with zero attached hydrogens (tertiary/aromatic N) is 2. The maximum Gasteiger partial charge on any atom is 0.272 e. The summed E-state index contributed by atoms with van der Waals surface area (Å²) in [5.74, 6) is -2.00. The monoisotopic (exact) mass is 452 g/mol. The lowest BCUT2D eigenvalue weighted by Crippen LogP contribution is -2.49. The molecule has 1 aliphatic heterocycles. The van der Waals surface area contributed by atoms with Gasteiger partial charge in [-0.15, -0.1) is 0 Å². The van der Waals surface area contributed by atoms with Crippen molar-refractivity contribution in [1.29, 1.82) is 0 Å². The van der Waals surface area contributed by atoms with Gasteiger partial charge >= 0.3 is 0 Å². The van der Waals surface area contributed by atoms with Gasteiger partial charge in [-0.1, -0.05) is 0 Å². The molecule has 172 valence electrons. The van der Waals surface area contributed by atoms with Gasteiger partial charge in [-0.3, -0.25) is 14.4 Å². The van der Waals surface area contributed by atoms with E-state index >= 15 is 0 Å². The van der Waals surface area contributed by atoms with Gasteiger partial charge in [0.1, 0.15) is 11.5 Å². The third-order valence-corrected chi connectivity index (χ3v) is 6.37. The van der Waals surface area contributed by atoms with Gasteiger partial charge < -0.3 is 19.6 Å². The molecule has 0 unspecified atom stereocenters. The van der Waals surface area contributed by atoms with E-state index < -0.39 is 22.9 Å². The zero-order valence-electron chi connectivity index (χ0n) is 18.9. The zero-order valence-corrected chi connectivity index (χ0v) is 18.9. The summed E-state index contributed by atoms with van der Waals surface area (Å²) in [6.45, 7) is 5.60. The number of aromatic nitrogens is 3. The number of benzene rings is 1. The summed E-state index contributed by atoms with van der Waals surface area (Å²) in [4.78, 5) is 46.2. The summed E-state index contributed by atoms with van der Waals surface area (Å²) in [7, 11) is 1.67. The highest BCUT2D eigenvalue weighted by molar-refractivity contribution is 6.44. The van der Waals surface area contributed by atoms with Gasteiger partial charge in [-0.2, -0.15) is 0 Å². The molecule has 0 saturated carbocycles. The molecule has 1 aliphatic rings. The third-order valence-electron chi connectivity index (χ3n) is 6.37. The zero-order chi connectivity index (χ0) is 23.9. The topological polar surface area (TPSA) is 106 Å². The van der Waals surface area contributed by atoms with E-state index in [0.29, 0.717) is 35.7 Å². The van der Waals surface area contributed by atoms with Crippen molar-refractivity contribution < 1.29 is 23.5 Å². The molecule has 8 nitrogen and oxygen atoms in total. The van der Waals surface area contributed by atoms with Gasteiger partial charge in [-0.25, -0.2) is 9.37 Å². The second kappa shape index (κ2) is 8.40. The van der Waals surface area contributed by atoms with Crippen molar-refractivity contribution in [1.82, 2.24) is 14.5 Å². The number of rotatable bonds is 7. The number of aromatic amines is 1. The molecule has 0 atom stereocenters. The standard InChI is InChI=1S/C24H25FN4O4/c1-13-7-16(5-6-17(13)25)28-23(32)21-14(2)20(15(3)29(21)4)22(31)18(30)8-24(10-33-11-24)19-9-26-12-27-19/h5-7,9,12H,8,10-11H2,1-4H3,(H,26,27)(H,28,32). The van der Waals surface area contributed by atoms with Crippen LogP contribution < -0.4 is 5.32 Å². The predicted molar refractivity (Wildman–Crippen MR) is 119 cm³/mol. The first-order valence-electron chi connectivity index (χ1n) is 10.5. The van der Waals surface area contributed by atoms with Crippen LogP contribution in [0.5, 0.6) is 0 Å². The number of halogens is 1. The second-order valence-electron chi connectivity index (χ2n) is 8.58. The molecule has 0 aliphatic carbocycles. The first-order chi connectivity index (χ1) is 15.6. The van der Waals surface area contributed by atoms with E-state index in [4.69, 9.17) is 4.74 Å². The molecule has 1 fully saturated rings. The van der Waals surface area contributed by atoms with E-state index in [1.165, 1.54) is 24.5 Å². The Morgan fingerprint density at radius 3 is 2.55 bits per heavy atom. The van der Waals surface area contributed by atoms with Crippen LogP contribution in [0, 0.1) is 26.6 Å². The smallest absolute Gasteiger partial charge is 0.272 e. The Balaban J connectivity index is 1.59. The number of carbonyl (C=O) groups is 3. The Morgan fingerprint density at radius 2 is 1.97 bits per heavy atom. The number of amides is 1. The van der Waals surface area contributed by atoms with Crippen LogP contribution in [0.3, 0.4) is 0 Å². The predicted octanol–water partition coefficient (Wildman–Crippen LogP) is 3.17. The molecule has 2 aromatic heterocycles. The Labute approximate surface area is 190 Å². The van der Waals surface area contributed by atoms with Crippen molar-refractivity contribution in [2.24, 2.45) is 7.05 Å². The molecule has 1 aromatic carbocycles. The van der Waals surface area contributed by atoms with Crippen LogP contribution in [0.15, 0.2) is 30.7 Å². The van der Waals surface area contributed by atoms with Crippen molar-refractivity contribution in [3.8, 4) is 0 Å². The lowest BCUT2D eigenvalue weighted by Gasteiger charge is -2.39. The number of hydrogen-bond donors (Lipinski definition) is 2. The van der Waals surface area contributed by atoms with Crippen LogP contribution in [-0.4, -0.2) is 45.2 Å². The lowest BCUT2D eigenvalue weighted by molar-refractivity contribution is -0.123. The van der Waals surface area contributed by atoms with E-state index in [2.05, 4.69) is 15.3 Å². The minimum absolute atomic E-state index is 0.0157. The molecule has 2 N–H and O–H groups in total. The Kier molecular flexibility index (Phi) is 5.75. The summed E-state index contributed by atoms with van der Waals surface area (Å²) in [5, 5.41) is 2.74. The van der Waals surface area contributed by atoms with Gasteiger partial charge in [-0.05, 0) is 50.1 Å². The summed E-state index contributed by atoms with van der Waals surface area (Å²) < 4.78 is 20.5. The molecule has 1 amide bonds. The first-order valence-corrected chi connectivity index (χ1v) is 10.5. The average molecular weight is 452 g/mol. The highest BCUT2D eigenvalue weighted by Gasteiger charge is 2.45. The fraction of sp³-hybridized carbons (Fsp3) is 0.333. The summed E-state index contributed by atoms with van der Waals surface area (Å²) in [6.07, 6.45) is 3.15. The maximum atomic E-state index is 13.5. The number of imidazole rings is 1. The summed E-state index contributed by atoms with van der Waals surface area (Å²) in [6, 6.07) is 4.28. The van der Waals surface area contributed by atoms with Crippen LogP contribution >= 0.6 is 0 Å². The SMILES string of the molecule is Cc1cc(NC(=O)c2c(C)c(C(=O)C(=O)CC3(c4cnc[nH]4)COC3)c(C)n2C)ccc1F. The van der Waals surface area contributed by atoms with Gasteiger partial charge in [0.25, 0.3) is 5.91 Å². The molecule has 0 spiro atoms. The highest BCUT2D eigenvalue weighted by atomic mass is 19.1. The van der Waals surface area contributed by atoms with E-state index in [1.807, 2.05) is 0 Å². The fourth-order valence-corrected chi connectivity index (χ4v) is 4.32. The van der Waals surface area contributed by atoms with Gasteiger partial charge in [0.2, 0.25) is 11.6 Å². The number of anilines is 1. The molecule has 9 heteroatoms. The highest BCUT2D eigenvalue weighted by Crippen LogP contribution is 2.35. The quantitative estimate of drug-likeness (QED) is 0.423. The van der Waals surface area contributed by atoms with Crippen LogP contribution in [0.4, 0.5) is 10.1 Å². The number of aryl methyl sites for hydroxylation is 1. The average Bonchev–Trinajstić information content (AvgIpc) is 3.34. The van der Waals surface area contributed by atoms with Gasteiger partial charge in [0.05, 0.1) is 30.5 Å². The Hall–Kier alpha value is -3.59. The second-order valence-corrected chi connectivity index (χ2v) is 8.58. The summed E-state index contributed by atoms with van der Waals surface area (Å²) in [5.41, 5.74) is 2.43. The molecule has 3 heterocycles. The number of H-pyrrole nitrogens is 1. The van der Waals surface area contributed by atoms with Crippen LogP contribution in [0.1, 0.15) is 49.8 Å². The fourth-order valence-electron chi connectivity index (χ4n) is 4.32. The largest absolute Gasteiger partial charge is 0.379 e. The molecule has 1 saturated heterocycles. The Morgan fingerprint density at radius 1 is 1.24 bits per heavy atom. The number of hydrogen-bond acceptors (Lipinski definition) is 5. The van der Waals surface area contributed by atoms with Crippen molar-refractivity contribution >= 4 is 23.2 Å². The van der Waals surface area contributed by atoms with E-state index in [0.717, 1.165) is 5.69 Å². The molecule has 4 rings (SSSR count). The lowest BCUT2D eigenvalue weighted by atomic mass is 9.77. The van der Waals surface area contributed by atoms with Crippen LogP contribution in [-0.2, 0) is 22.0 Å². The van der Waals surface area contributed by atoms with Crippen molar-refractivity contribution in [3.05, 3.63) is 70.3 Å². The normalized spacial score (nSPS) is 14.6. The number of ketones is 2. The molecule has 0 bridgehead atoms. The minimum atomic E-state index is -0.636. The Bertz CT molecular complexity index is 1260. The third kappa shape index (κ3) is 3.89. The van der Waals surface area contributed by atoms with E-state index in [1.54, 1.807) is 38.6 Å². The van der Waals surface area contributed by atoms with Gasteiger partial charge in [0, 0.05) is 36.7 Å². The number of ether oxygens (including phenoxy) is 1. The van der Waals surface area contributed by atoms with E-state index in [9.17, 15) is 18.8 Å². The van der Waals surface area contributed by atoms with Crippen molar-refractivity contribution in [2.45, 2.75) is 32.6 Å². The van der Waals surface area contributed by atoms with Crippen molar-refractivity contribution in [3.63, 3.8) is 0 Å². The van der Waals surface area contributed by atoms with Gasteiger partial charge in [0.15, 0.2) is 0 Å². The molecular weight excluding hydrogens is 427 g/mol. The maximum absolute atomic E-state index is 13.5. The molecular formula is C24H25FN4O4. The first kappa shape index (κ1) is 22.6. The van der Waals surface area contributed by atoms with Crippen LogP contribution in [0.25, 0.3) is 0 Å². The number of nitrogens with one attached hydrogen (secondary N) is 2. The minimum Gasteiger partial charge on any atom is -0.379 e. The molecule has 0 radical (unpaired) electrons. The summed E-state index contributed by atoms with van der Waals surface area (Å²) >= 11 is 0. The molecule has 3 aromatic rings. The van der Waals surface area contributed by atoms with E-state index in [-0.39, 0.29) is 23.5 Å².